The first kappa shape index (κ1) is 10.0. The van der Waals surface area contributed by atoms with E-state index in [9.17, 15) is 4.79 Å². The number of esters is 1. The maximum absolute atomic E-state index is 11.7. The van der Waals surface area contributed by atoms with Gasteiger partial charge in [0.2, 0.25) is 0 Å². The lowest BCUT2D eigenvalue weighted by molar-refractivity contribution is 0.0473. The smallest absolute Gasteiger partial charge is 0.358 e. The van der Waals surface area contributed by atoms with E-state index in [1.54, 1.807) is 4.68 Å². The number of nitrogen functional groups attached to an aromatic ring is 1. The minimum Gasteiger partial charge on any atom is -0.461 e. The summed E-state index contributed by atoms with van der Waals surface area (Å²) in [5, 5.41) is 3.99. The molecule has 1 aliphatic rings. The van der Waals surface area contributed by atoms with Crippen LogP contribution in [0, 0.1) is 5.92 Å². The van der Waals surface area contributed by atoms with E-state index in [4.69, 9.17) is 10.5 Å². The fourth-order valence-electron chi connectivity index (χ4n) is 1.41. The highest BCUT2D eigenvalue weighted by Gasteiger charge is 2.25. The van der Waals surface area contributed by atoms with Crippen molar-refractivity contribution >= 4 is 11.7 Å². The number of ether oxygens (including phenoxy) is 1. The zero-order valence-corrected chi connectivity index (χ0v) is 8.77. The summed E-state index contributed by atoms with van der Waals surface area (Å²) in [7, 11) is 0. The van der Waals surface area contributed by atoms with E-state index in [0.717, 1.165) is 12.8 Å². The zero-order chi connectivity index (χ0) is 10.8. The van der Waals surface area contributed by atoms with Gasteiger partial charge in [-0.25, -0.2) is 4.79 Å². The first-order chi connectivity index (χ1) is 7.22. The molecule has 0 radical (unpaired) electrons. The molecule has 0 atom stereocenters. The van der Waals surface area contributed by atoms with Crippen molar-refractivity contribution < 1.29 is 9.53 Å². The Bertz CT molecular complexity index is 369. The van der Waals surface area contributed by atoms with E-state index in [-0.39, 0.29) is 5.97 Å². The molecule has 82 valence electrons. The first-order valence-corrected chi connectivity index (χ1v) is 5.20. The molecule has 2 N–H and O–H groups in total. The molecule has 0 saturated heterocycles. The van der Waals surface area contributed by atoms with E-state index in [0.29, 0.717) is 30.5 Å². The molecule has 5 heteroatoms. The van der Waals surface area contributed by atoms with Crippen LogP contribution in [0.25, 0.3) is 0 Å². The molecule has 0 aliphatic heterocycles. The third-order valence-corrected chi connectivity index (χ3v) is 2.51. The molecule has 2 rings (SSSR count). The average Bonchev–Trinajstić information content (AvgIpc) is 2.98. The lowest BCUT2D eigenvalue weighted by Crippen LogP contribution is -2.15. The van der Waals surface area contributed by atoms with Crippen molar-refractivity contribution in [2.24, 2.45) is 5.92 Å². The molecule has 1 aliphatic carbocycles. The van der Waals surface area contributed by atoms with Gasteiger partial charge in [-0.1, -0.05) is 0 Å². The Morgan fingerprint density at radius 2 is 2.47 bits per heavy atom. The summed E-state index contributed by atoms with van der Waals surface area (Å²) in [5.41, 5.74) is 6.42. The standard InChI is InChI=1S/C10H15N3O2/c1-2-13-9(8(11)5-12-13)10(14)15-6-7-3-4-7/h5,7H,2-4,6,11H2,1H3. The monoisotopic (exact) mass is 209 g/mol. The van der Waals surface area contributed by atoms with Gasteiger partial charge in [0.05, 0.1) is 18.5 Å². The van der Waals surface area contributed by atoms with Crippen LogP contribution in [0.5, 0.6) is 0 Å². The van der Waals surface area contributed by atoms with Gasteiger partial charge in [0.1, 0.15) is 0 Å². The van der Waals surface area contributed by atoms with E-state index in [1.807, 2.05) is 6.92 Å². The minimum atomic E-state index is -0.362. The maximum Gasteiger partial charge on any atom is 0.358 e. The van der Waals surface area contributed by atoms with Crippen LogP contribution < -0.4 is 5.73 Å². The second-order valence-electron chi connectivity index (χ2n) is 3.81. The Hall–Kier alpha value is -1.52. The average molecular weight is 209 g/mol. The number of rotatable bonds is 4. The maximum atomic E-state index is 11.7. The summed E-state index contributed by atoms with van der Waals surface area (Å²) >= 11 is 0. The molecule has 1 fully saturated rings. The Morgan fingerprint density at radius 1 is 1.73 bits per heavy atom. The van der Waals surface area contributed by atoms with Crippen LogP contribution in [0.4, 0.5) is 5.69 Å². The zero-order valence-electron chi connectivity index (χ0n) is 8.77. The summed E-state index contributed by atoms with van der Waals surface area (Å²) in [6.45, 7) is 3.03. The van der Waals surface area contributed by atoms with Crippen molar-refractivity contribution in [1.82, 2.24) is 9.78 Å². The molecular weight excluding hydrogens is 194 g/mol. The predicted molar refractivity (Wildman–Crippen MR) is 55.3 cm³/mol. The molecule has 0 unspecified atom stereocenters. The topological polar surface area (TPSA) is 70.1 Å². The van der Waals surface area contributed by atoms with Crippen LogP contribution in [0.15, 0.2) is 6.20 Å². The van der Waals surface area contributed by atoms with Crippen molar-refractivity contribution in [2.75, 3.05) is 12.3 Å². The second-order valence-corrected chi connectivity index (χ2v) is 3.81. The fourth-order valence-corrected chi connectivity index (χ4v) is 1.41. The lowest BCUT2D eigenvalue weighted by Gasteiger charge is -2.06. The third-order valence-electron chi connectivity index (χ3n) is 2.51. The van der Waals surface area contributed by atoms with Crippen LogP contribution in [0.2, 0.25) is 0 Å². The van der Waals surface area contributed by atoms with Gasteiger partial charge in [-0.05, 0) is 25.7 Å². The van der Waals surface area contributed by atoms with Gasteiger partial charge in [0, 0.05) is 6.54 Å². The number of aromatic nitrogens is 2. The Labute approximate surface area is 88.2 Å². The van der Waals surface area contributed by atoms with Crippen molar-refractivity contribution in [3.8, 4) is 0 Å². The van der Waals surface area contributed by atoms with Crippen molar-refractivity contribution in [1.29, 1.82) is 0 Å². The van der Waals surface area contributed by atoms with Crippen LogP contribution in [0.1, 0.15) is 30.3 Å². The molecule has 1 aromatic heterocycles. The number of hydrogen-bond acceptors (Lipinski definition) is 4. The number of carbonyl (C=O) groups excluding carboxylic acids is 1. The van der Waals surface area contributed by atoms with E-state index in [1.165, 1.54) is 6.20 Å². The molecule has 1 saturated carbocycles. The van der Waals surface area contributed by atoms with Crippen LogP contribution >= 0.6 is 0 Å². The highest BCUT2D eigenvalue weighted by atomic mass is 16.5. The Balaban J connectivity index is 2.05. The third kappa shape index (κ3) is 2.11. The van der Waals surface area contributed by atoms with Crippen molar-refractivity contribution in [3.63, 3.8) is 0 Å². The quantitative estimate of drug-likeness (QED) is 0.752. The van der Waals surface area contributed by atoms with E-state index >= 15 is 0 Å². The molecule has 0 aromatic carbocycles. The van der Waals surface area contributed by atoms with Gasteiger partial charge in [0.15, 0.2) is 5.69 Å². The minimum absolute atomic E-state index is 0.362. The van der Waals surface area contributed by atoms with Gasteiger partial charge in [0.25, 0.3) is 0 Å². The van der Waals surface area contributed by atoms with Gasteiger partial charge in [-0.15, -0.1) is 0 Å². The summed E-state index contributed by atoms with van der Waals surface area (Å²) in [4.78, 5) is 11.7. The molecule has 0 bridgehead atoms. The van der Waals surface area contributed by atoms with E-state index < -0.39 is 0 Å². The lowest BCUT2D eigenvalue weighted by atomic mass is 10.3. The summed E-state index contributed by atoms with van der Waals surface area (Å²) < 4.78 is 6.71. The number of nitrogens with two attached hydrogens (primary N) is 1. The highest BCUT2D eigenvalue weighted by Crippen LogP contribution is 2.29. The molecule has 0 spiro atoms. The van der Waals surface area contributed by atoms with Gasteiger partial charge < -0.3 is 10.5 Å². The molecule has 1 aromatic rings. The highest BCUT2D eigenvalue weighted by molar-refractivity contribution is 5.93. The molecule has 15 heavy (non-hydrogen) atoms. The number of nitrogens with zero attached hydrogens (tertiary/aromatic N) is 2. The molecular formula is C10H15N3O2. The van der Waals surface area contributed by atoms with Crippen molar-refractivity contribution in [2.45, 2.75) is 26.3 Å². The summed E-state index contributed by atoms with van der Waals surface area (Å²) in [6.07, 6.45) is 3.81. The predicted octanol–water partition coefficient (Wildman–Crippen LogP) is 1.05. The number of anilines is 1. The number of aryl methyl sites for hydroxylation is 1. The largest absolute Gasteiger partial charge is 0.461 e. The van der Waals surface area contributed by atoms with Crippen LogP contribution in [-0.4, -0.2) is 22.4 Å². The van der Waals surface area contributed by atoms with E-state index in [2.05, 4.69) is 5.10 Å². The second kappa shape index (κ2) is 3.92. The van der Waals surface area contributed by atoms with Crippen LogP contribution in [0.3, 0.4) is 0 Å². The Kier molecular flexibility index (Phi) is 2.62. The Morgan fingerprint density at radius 3 is 3.07 bits per heavy atom. The molecule has 1 heterocycles. The van der Waals surface area contributed by atoms with Gasteiger partial charge in [-0.2, -0.15) is 5.10 Å². The van der Waals surface area contributed by atoms with Crippen LogP contribution in [-0.2, 0) is 11.3 Å². The summed E-state index contributed by atoms with van der Waals surface area (Å²) in [5.74, 6) is 0.201. The summed E-state index contributed by atoms with van der Waals surface area (Å²) in [6, 6.07) is 0. The fraction of sp³-hybridized carbons (Fsp3) is 0.600. The van der Waals surface area contributed by atoms with Crippen molar-refractivity contribution in [3.05, 3.63) is 11.9 Å². The molecule has 0 amide bonds. The first-order valence-electron chi connectivity index (χ1n) is 5.20. The SMILES string of the molecule is CCn1ncc(N)c1C(=O)OCC1CC1. The van der Waals surface area contributed by atoms with Gasteiger partial charge >= 0.3 is 5.97 Å². The normalized spacial score (nSPS) is 15.3. The van der Waals surface area contributed by atoms with Gasteiger partial charge in [-0.3, -0.25) is 4.68 Å². The molecule has 5 nitrogen and oxygen atoms in total. The number of hydrogen-bond donors (Lipinski definition) is 1. The number of carbonyl (C=O) groups is 1.